The molecule has 3 aromatic heterocycles. The van der Waals surface area contributed by atoms with Crippen molar-refractivity contribution in [2.75, 3.05) is 13.1 Å². The van der Waals surface area contributed by atoms with Gasteiger partial charge < -0.3 is 11.1 Å². The van der Waals surface area contributed by atoms with Crippen molar-refractivity contribution in [3.05, 3.63) is 76.6 Å². The minimum Gasteiger partial charge on any atom is -0.355 e. The number of hydrogen-bond acceptors (Lipinski definition) is 4. The first-order valence-electron chi connectivity index (χ1n) is 11.4. The normalized spacial score (nSPS) is 11.4. The number of nitrogens with zero attached hydrogens (tertiary/aromatic N) is 1. The van der Waals surface area contributed by atoms with E-state index < -0.39 is 0 Å². The van der Waals surface area contributed by atoms with Crippen molar-refractivity contribution in [3.63, 3.8) is 0 Å². The summed E-state index contributed by atoms with van der Waals surface area (Å²) in [7, 11) is 0. The molecule has 33 heavy (non-hydrogen) atoms. The smallest absolute Gasteiger partial charge is 0.220 e. The number of unbranched alkanes of at least 4 members (excludes halogenated alkanes) is 2. The lowest BCUT2D eigenvalue weighted by Gasteiger charge is -2.06. The molecule has 3 heterocycles. The van der Waals surface area contributed by atoms with E-state index in [4.69, 9.17) is 5.73 Å². The molecule has 0 fully saturated rings. The van der Waals surface area contributed by atoms with Crippen LogP contribution in [0.25, 0.3) is 32.8 Å². The van der Waals surface area contributed by atoms with Gasteiger partial charge in [0.15, 0.2) is 0 Å². The molecule has 6 heteroatoms. The third-order valence-electron chi connectivity index (χ3n) is 5.53. The highest BCUT2D eigenvalue weighted by Crippen LogP contribution is 2.32. The number of para-hydroxylation sites is 1. The number of hydrogen-bond donors (Lipinski definition) is 2. The van der Waals surface area contributed by atoms with E-state index in [1.807, 2.05) is 11.3 Å². The Bertz CT molecular complexity index is 1210. The molecule has 0 saturated heterocycles. The Labute approximate surface area is 203 Å². The number of rotatable bonds is 11. The molecule has 0 atom stereocenters. The van der Waals surface area contributed by atoms with Crippen LogP contribution in [0.2, 0.25) is 0 Å². The molecule has 0 bridgehead atoms. The fraction of sp³-hybridized carbons (Fsp3) is 0.259. The molecule has 0 saturated carbocycles. The zero-order chi connectivity index (χ0) is 22.9. The standard InChI is InChI=1S/C27H29N3OS2/c28-17-18-29-27(31)10-2-1-5-19-30-22(12-11-21-7-3-4-8-24(21)30)13-14-23-15-16-26(33-23)25-9-6-20-32-25/h3-4,6-9,11-16,20H,1-2,5,10,17-19,28H2/p+1/b14-13+. The van der Waals surface area contributed by atoms with Crippen molar-refractivity contribution >= 4 is 51.6 Å². The molecule has 0 aliphatic heterocycles. The average molecular weight is 477 g/mol. The summed E-state index contributed by atoms with van der Waals surface area (Å²) in [5, 5.41) is 6.20. The highest BCUT2D eigenvalue weighted by Gasteiger charge is 2.14. The Morgan fingerprint density at radius 2 is 1.85 bits per heavy atom. The number of nitrogens with two attached hydrogens (primary N) is 1. The fourth-order valence-electron chi connectivity index (χ4n) is 3.87. The van der Waals surface area contributed by atoms with Gasteiger partial charge in [-0.05, 0) is 54.6 Å². The Morgan fingerprint density at radius 1 is 0.939 bits per heavy atom. The second-order valence-electron chi connectivity index (χ2n) is 7.93. The van der Waals surface area contributed by atoms with E-state index in [2.05, 4.69) is 88.1 Å². The summed E-state index contributed by atoms with van der Waals surface area (Å²) in [5.74, 6) is 0.0970. The summed E-state index contributed by atoms with van der Waals surface area (Å²) in [4.78, 5) is 15.7. The van der Waals surface area contributed by atoms with Crippen LogP contribution in [0, 0.1) is 0 Å². The van der Waals surface area contributed by atoms with Gasteiger partial charge in [0.25, 0.3) is 0 Å². The second kappa shape index (κ2) is 11.9. The summed E-state index contributed by atoms with van der Waals surface area (Å²) in [6.07, 6.45) is 7.95. The number of nitrogens with one attached hydrogen (secondary N) is 1. The van der Waals surface area contributed by atoms with Crippen molar-refractivity contribution in [2.45, 2.75) is 32.2 Å². The number of amides is 1. The van der Waals surface area contributed by atoms with Crippen LogP contribution < -0.4 is 15.6 Å². The maximum absolute atomic E-state index is 11.8. The van der Waals surface area contributed by atoms with Crippen LogP contribution in [-0.4, -0.2) is 19.0 Å². The molecule has 0 spiro atoms. The van der Waals surface area contributed by atoms with E-state index in [-0.39, 0.29) is 5.91 Å². The minimum absolute atomic E-state index is 0.0970. The lowest BCUT2D eigenvalue weighted by molar-refractivity contribution is -0.673. The predicted molar refractivity (Wildman–Crippen MR) is 141 cm³/mol. The topological polar surface area (TPSA) is 59.0 Å². The number of carbonyl (C=O) groups is 1. The van der Waals surface area contributed by atoms with Gasteiger partial charge in [0.05, 0.1) is 0 Å². The maximum atomic E-state index is 11.8. The van der Waals surface area contributed by atoms with Gasteiger partial charge in [0, 0.05) is 64.2 Å². The van der Waals surface area contributed by atoms with Crippen molar-refractivity contribution in [3.8, 4) is 9.75 Å². The van der Waals surface area contributed by atoms with Crippen molar-refractivity contribution < 1.29 is 9.36 Å². The lowest BCUT2D eigenvalue weighted by Crippen LogP contribution is -2.38. The molecular weight excluding hydrogens is 446 g/mol. The summed E-state index contributed by atoms with van der Waals surface area (Å²) in [5.41, 5.74) is 7.88. The Hall–Kier alpha value is -2.80. The first kappa shape index (κ1) is 23.4. The molecule has 4 rings (SSSR count). The summed E-state index contributed by atoms with van der Waals surface area (Å²) >= 11 is 3.60. The zero-order valence-corrected chi connectivity index (χ0v) is 20.3. The van der Waals surface area contributed by atoms with E-state index in [1.54, 1.807) is 11.3 Å². The van der Waals surface area contributed by atoms with Crippen molar-refractivity contribution in [1.82, 2.24) is 5.32 Å². The average Bonchev–Trinajstić information content (AvgIpc) is 3.54. The van der Waals surface area contributed by atoms with Crippen molar-refractivity contribution in [2.24, 2.45) is 5.73 Å². The van der Waals surface area contributed by atoms with Crippen LogP contribution in [-0.2, 0) is 11.3 Å². The molecular formula is C27H30N3OS2+. The Balaban J connectivity index is 1.45. The quantitative estimate of drug-likeness (QED) is 0.215. The van der Waals surface area contributed by atoms with Crippen LogP contribution in [0.1, 0.15) is 36.3 Å². The molecule has 1 amide bonds. The van der Waals surface area contributed by atoms with E-state index >= 15 is 0 Å². The first-order chi connectivity index (χ1) is 16.2. The Kier molecular flexibility index (Phi) is 8.41. The third kappa shape index (κ3) is 6.38. The van der Waals surface area contributed by atoms with Crippen LogP contribution in [0.5, 0.6) is 0 Å². The number of benzene rings is 1. The monoisotopic (exact) mass is 476 g/mol. The van der Waals surface area contributed by atoms with Gasteiger partial charge in [0.1, 0.15) is 6.54 Å². The first-order valence-corrected chi connectivity index (χ1v) is 13.1. The molecule has 4 aromatic rings. The zero-order valence-electron chi connectivity index (χ0n) is 18.7. The predicted octanol–water partition coefficient (Wildman–Crippen LogP) is 5.72. The Morgan fingerprint density at radius 3 is 2.70 bits per heavy atom. The largest absolute Gasteiger partial charge is 0.355 e. The van der Waals surface area contributed by atoms with Gasteiger partial charge in [-0.1, -0.05) is 18.2 Å². The number of aromatic nitrogens is 1. The molecule has 4 nitrogen and oxygen atoms in total. The maximum Gasteiger partial charge on any atom is 0.220 e. The van der Waals surface area contributed by atoms with Gasteiger partial charge in [-0.25, -0.2) is 0 Å². The van der Waals surface area contributed by atoms with Crippen LogP contribution in [0.15, 0.2) is 66.0 Å². The summed E-state index contributed by atoms with van der Waals surface area (Å²) in [6.45, 7) is 1.97. The third-order valence-corrected chi connectivity index (χ3v) is 7.65. The second-order valence-corrected chi connectivity index (χ2v) is 9.99. The van der Waals surface area contributed by atoms with E-state index in [0.717, 1.165) is 25.8 Å². The minimum atomic E-state index is 0.0970. The molecule has 0 unspecified atom stereocenters. The number of thiophene rings is 2. The number of aryl methyl sites for hydroxylation is 1. The van der Waals surface area contributed by atoms with E-state index in [9.17, 15) is 4.79 Å². The van der Waals surface area contributed by atoms with Crippen molar-refractivity contribution in [1.29, 1.82) is 0 Å². The van der Waals surface area contributed by atoms with Gasteiger partial charge in [-0.3, -0.25) is 4.79 Å². The molecule has 0 radical (unpaired) electrons. The molecule has 0 aliphatic rings. The molecule has 3 N–H and O–H groups in total. The molecule has 170 valence electrons. The van der Waals surface area contributed by atoms with Gasteiger partial charge in [0.2, 0.25) is 17.1 Å². The van der Waals surface area contributed by atoms with E-state index in [1.165, 1.54) is 31.2 Å². The van der Waals surface area contributed by atoms with Crippen LogP contribution >= 0.6 is 22.7 Å². The molecule has 1 aromatic carbocycles. The number of pyridine rings is 1. The van der Waals surface area contributed by atoms with Crippen LogP contribution in [0.3, 0.4) is 0 Å². The number of fused-ring (bicyclic) bond motifs is 1. The van der Waals surface area contributed by atoms with Gasteiger partial charge in [-0.2, -0.15) is 4.57 Å². The number of carbonyl (C=O) groups excluding carboxylic acids is 1. The lowest BCUT2D eigenvalue weighted by atomic mass is 10.1. The fourth-order valence-corrected chi connectivity index (χ4v) is 5.61. The SMILES string of the molecule is NCCNC(=O)CCCCC[n+]1c(/C=C/c2ccc(-c3cccs3)s2)ccc2ccccc21. The van der Waals surface area contributed by atoms with Gasteiger partial charge in [-0.15, -0.1) is 22.7 Å². The summed E-state index contributed by atoms with van der Waals surface area (Å²) in [6, 6.07) is 21.6. The van der Waals surface area contributed by atoms with Gasteiger partial charge >= 0.3 is 0 Å². The highest BCUT2D eigenvalue weighted by molar-refractivity contribution is 7.21. The van der Waals surface area contributed by atoms with Crippen LogP contribution in [0.4, 0.5) is 0 Å². The van der Waals surface area contributed by atoms with E-state index in [0.29, 0.717) is 19.5 Å². The molecule has 0 aliphatic carbocycles. The highest BCUT2D eigenvalue weighted by atomic mass is 32.1. The summed E-state index contributed by atoms with van der Waals surface area (Å²) < 4.78 is 2.40.